The Morgan fingerprint density at radius 2 is 1.69 bits per heavy atom. The Balaban J connectivity index is 1.43. The standard InChI is InChI=1S/C18H13Cl3N4OS3/c19-12-6-4-11(5-7-12)9-27-17-24-25-18(29-17)28-10-16(26)23-22-8-13-14(20)2-1-3-15(13)21/h1-8H,9-10H2,(H,23,26)/b22-8-. The molecule has 0 bridgehead atoms. The molecule has 1 heterocycles. The molecule has 1 N–H and O–H groups in total. The van der Waals surface area contributed by atoms with Gasteiger partial charge in [0, 0.05) is 16.3 Å². The highest BCUT2D eigenvalue weighted by molar-refractivity contribution is 8.03. The summed E-state index contributed by atoms with van der Waals surface area (Å²) in [6.07, 6.45) is 1.42. The predicted octanol–water partition coefficient (Wildman–Crippen LogP) is 6.03. The molecule has 5 nitrogen and oxygen atoms in total. The Hall–Kier alpha value is -1.29. The van der Waals surface area contributed by atoms with Crippen molar-refractivity contribution in [2.45, 2.75) is 14.4 Å². The van der Waals surface area contributed by atoms with E-state index >= 15 is 0 Å². The Labute approximate surface area is 195 Å². The van der Waals surface area contributed by atoms with Gasteiger partial charge in [-0.1, -0.05) is 87.9 Å². The molecule has 150 valence electrons. The summed E-state index contributed by atoms with van der Waals surface area (Å²) in [5.74, 6) is 0.681. The van der Waals surface area contributed by atoms with Crippen molar-refractivity contribution in [3.63, 3.8) is 0 Å². The summed E-state index contributed by atoms with van der Waals surface area (Å²) in [4.78, 5) is 12.0. The minimum atomic E-state index is -0.264. The Bertz CT molecular complexity index is 992. The van der Waals surface area contributed by atoms with Crippen LogP contribution in [0.5, 0.6) is 0 Å². The fourth-order valence-corrected chi connectivity index (χ4v) is 5.39. The van der Waals surface area contributed by atoms with Gasteiger partial charge in [0.05, 0.1) is 22.0 Å². The summed E-state index contributed by atoms with van der Waals surface area (Å²) < 4.78 is 1.56. The van der Waals surface area contributed by atoms with Crippen molar-refractivity contribution in [1.29, 1.82) is 0 Å². The number of thioether (sulfide) groups is 2. The minimum absolute atomic E-state index is 0.171. The molecule has 2 aromatic carbocycles. The third kappa shape index (κ3) is 7.16. The Morgan fingerprint density at radius 3 is 2.38 bits per heavy atom. The zero-order chi connectivity index (χ0) is 20.6. The van der Waals surface area contributed by atoms with Crippen LogP contribution in [0, 0.1) is 0 Å². The van der Waals surface area contributed by atoms with Crippen LogP contribution in [0.25, 0.3) is 0 Å². The number of benzene rings is 2. The molecule has 0 atom stereocenters. The molecule has 0 radical (unpaired) electrons. The third-order valence-electron chi connectivity index (χ3n) is 3.37. The molecule has 11 heteroatoms. The second kappa shape index (κ2) is 11.2. The lowest BCUT2D eigenvalue weighted by atomic mass is 10.2. The van der Waals surface area contributed by atoms with Gasteiger partial charge in [0.1, 0.15) is 0 Å². The summed E-state index contributed by atoms with van der Waals surface area (Å²) in [6.45, 7) is 0. The molecule has 0 aliphatic rings. The van der Waals surface area contributed by atoms with Crippen LogP contribution < -0.4 is 5.43 Å². The molecule has 1 amide bonds. The smallest absolute Gasteiger partial charge is 0.250 e. The number of hydrazone groups is 1. The molecule has 0 aliphatic carbocycles. The Morgan fingerprint density at radius 1 is 1.03 bits per heavy atom. The number of amides is 1. The van der Waals surface area contributed by atoms with E-state index in [4.69, 9.17) is 34.8 Å². The fraction of sp³-hybridized carbons (Fsp3) is 0.111. The van der Waals surface area contributed by atoms with Crippen LogP contribution in [0.15, 0.2) is 56.2 Å². The first-order valence-electron chi connectivity index (χ1n) is 8.11. The van der Waals surface area contributed by atoms with Crippen molar-refractivity contribution < 1.29 is 4.79 Å². The molecular weight excluding hydrogens is 491 g/mol. The number of rotatable bonds is 8. The molecular formula is C18H13Cl3N4OS3. The molecule has 0 saturated carbocycles. The second-order valence-corrected chi connectivity index (χ2v) is 10.1. The monoisotopic (exact) mass is 502 g/mol. The van der Waals surface area contributed by atoms with Crippen molar-refractivity contribution in [3.05, 3.63) is 68.7 Å². The fourth-order valence-electron chi connectivity index (χ4n) is 2.00. The van der Waals surface area contributed by atoms with E-state index in [0.29, 0.717) is 20.6 Å². The summed E-state index contributed by atoms with van der Waals surface area (Å²) in [6, 6.07) is 12.8. The van der Waals surface area contributed by atoms with Crippen LogP contribution >= 0.6 is 69.7 Å². The first kappa shape index (κ1) is 22.4. The molecule has 3 rings (SSSR count). The van der Waals surface area contributed by atoms with Crippen molar-refractivity contribution >= 4 is 81.8 Å². The van der Waals surface area contributed by atoms with Gasteiger partial charge in [-0.2, -0.15) is 5.10 Å². The van der Waals surface area contributed by atoms with Gasteiger partial charge in [-0.3, -0.25) is 4.79 Å². The highest BCUT2D eigenvalue weighted by Crippen LogP contribution is 2.30. The average Bonchev–Trinajstić information content (AvgIpc) is 3.16. The number of nitrogens with zero attached hydrogens (tertiary/aromatic N) is 3. The zero-order valence-corrected chi connectivity index (χ0v) is 19.4. The average molecular weight is 504 g/mol. The van der Waals surface area contributed by atoms with Crippen LogP contribution in [0.4, 0.5) is 0 Å². The van der Waals surface area contributed by atoms with Gasteiger partial charge in [0.15, 0.2) is 8.68 Å². The number of carbonyl (C=O) groups is 1. The van der Waals surface area contributed by atoms with E-state index in [1.165, 1.54) is 29.3 Å². The molecule has 0 fully saturated rings. The molecule has 0 unspecified atom stereocenters. The lowest BCUT2D eigenvalue weighted by molar-refractivity contribution is -0.118. The molecule has 3 aromatic rings. The van der Waals surface area contributed by atoms with Gasteiger partial charge in [0.2, 0.25) is 0 Å². The van der Waals surface area contributed by atoms with E-state index in [-0.39, 0.29) is 11.7 Å². The van der Waals surface area contributed by atoms with E-state index in [9.17, 15) is 4.79 Å². The lowest BCUT2D eigenvalue weighted by Gasteiger charge is -2.01. The van der Waals surface area contributed by atoms with E-state index in [2.05, 4.69) is 20.7 Å². The maximum absolute atomic E-state index is 12.0. The summed E-state index contributed by atoms with van der Waals surface area (Å²) in [5, 5.41) is 13.8. The van der Waals surface area contributed by atoms with Gasteiger partial charge in [0.25, 0.3) is 5.91 Å². The van der Waals surface area contributed by atoms with Gasteiger partial charge in [-0.25, -0.2) is 5.43 Å². The number of hydrogen-bond donors (Lipinski definition) is 1. The SMILES string of the molecule is O=C(CSc1nnc(SCc2ccc(Cl)cc2)s1)N/N=C\c1c(Cl)cccc1Cl. The Kier molecular flexibility index (Phi) is 8.65. The van der Waals surface area contributed by atoms with Crippen LogP contribution in [0.3, 0.4) is 0 Å². The van der Waals surface area contributed by atoms with Gasteiger partial charge >= 0.3 is 0 Å². The number of hydrogen-bond acceptors (Lipinski definition) is 7. The first-order valence-corrected chi connectivity index (χ1v) is 12.0. The molecule has 0 spiro atoms. The normalized spacial score (nSPS) is 11.1. The molecule has 1 aromatic heterocycles. The maximum Gasteiger partial charge on any atom is 0.250 e. The van der Waals surface area contributed by atoms with Crippen LogP contribution in [0.2, 0.25) is 15.1 Å². The summed E-state index contributed by atoms with van der Waals surface area (Å²) in [5.41, 5.74) is 4.15. The highest BCUT2D eigenvalue weighted by atomic mass is 35.5. The molecule has 29 heavy (non-hydrogen) atoms. The van der Waals surface area contributed by atoms with Gasteiger partial charge < -0.3 is 0 Å². The van der Waals surface area contributed by atoms with E-state index < -0.39 is 0 Å². The second-order valence-electron chi connectivity index (χ2n) is 5.47. The van der Waals surface area contributed by atoms with Crippen molar-refractivity contribution in [2.24, 2.45) is 5.10 Å². The highest BCUT2D eigenvalue weighted by Gasteiger charge is 2.09. The predicted molar refractivity (Wildman–Crippen MR) is 124 cm³/mol. The van der Waals surface area contributed by atoms with E-state index in [0.717, 1.165) is 20.0 Å². The van der Waals surface area contributed by atoms with Crippen molar-refractivity contribution in [1.82, 2.24) is 15.6 Å². The number of carbonyl (C=O) groups excluding carboxylic acids is 1. The van der Waals surface area contributed by atoms with Gasteiger partial charge in [-0.05, 0) is 29.8 Å². The lowest BCUT2D eigenvalue weighted by Crippen LogP contribution is -2.19. The number of halogens is 3. The zero-order valence-electron chi connectivity index (χ0n) is 14.6. The minimum Gasteiger partial charge on any atom is -0.272 e. The van der Waals surface area contributed by atoms with Crippen molar-refractivity contribution in [2.75, 3.05) is 5.75 Å². The molecule has 0 saturated heterocycles. The largest absolute Gasteiger partial charge is 0.272 e. The van der Waals surface area contributed by atoms with E-state index in [1.54, 1.807) is 30.0 Å². The van der Waals surface area contributed by atoms with Crippen LogP contribution in [-0.4, -0.2) is 28.1 Å². The van der Waals surface area contributed by atoms with Gasteiger partial charge in [-0.15, -0.1) is 10.2 Å². The summed E-state index contributed by atoms with van der Waals surface area (Å²) >= 11 is 22.3. The molecule has 0 aliphatic heterocycles. The van der Waals surface area contributed by atoms with Crippen molar-refractivity contribution in [3.8, 4) is 0 Å². The topological polar surface area (TPSA) is 67.2 Å². The number of nitrogens with one attached hydrogen (secondary N) is 1. The number of aromatic nitrogens is 2. The van der Waals surface area contributed by atoms with E-state index in [1.807, 2.05) is 24.3 Å². The first-order chi connectivity index (χ1) is 14.0. The quantitative estimate of drug-likeness (QED) is 0.231. The maximum atomic E-state index is 12.0. The third-order valence-corrected chi connectivity index (χ3v) is 7.55. The summed E-state index contributed by atoms with van der Waals surface area (Å²) in [7, 11) is 0. The van der Waals surface area contributed by atoms with Crippen LogP contribution in [0.1, 0.15) is 11.1 Å². The van der Waals surface area contributed by atoms with Crippen LogP contribution in [-0.2, 0) is 10.5 Å².